The van der Waals surface area contributed by atoms with Gasteiger partial charge < -0.3 is 9.88 Å². The van der Waals surface area contributed by atoms with Crippen LogP contribution in [-0.4, -0.2) is 41.1 Å². The van der Waals surface area contributed by atoms with E-state index in [0.29, 0.717) is 24.6 Å². The number of nitrogens with zero attached hydrogens (tertiary/aromatic N) is 2. The number of aryl methyl sites for hydroxylation is 1. The van der Waals surface area contributed by atoms with Crippen LogP contribution < -0.4 is 10.7 Å². The number of hydrogen-bond acceptors (Lipinski definition) is 5. The van der Waals surface area contributed by atoms with Crippen molar-refractivity contribution in [1.82, 2.24) is 14.8 Å². The number of rotatable bonds is 5. The molecule has 0 saturated carbocycles. The van der Waals surface area contributed by atoms with Gasteiger partial charge in [0.25, 0.3) is 5.91 Å². The fourth-order valence-corrected chi connectivity index (χ4v) is 7.23. The number of likely N-dealkylation sites (tertiary alicyclic amines) is 1. The van der Waals surface area contributed by atoms with Gasteiger partial charge >= 0.3 is 0 Å². The van der Waals surface area contributed by atoms with E-state index in [2.05, 4.69) is 50.7 Å². The third kappa shape index (κ3) is 4.29. The number of fused-ring (bicyclic) bond motifs is 3. The molecule has 1 aromatic carbocycles. The van der Waals surface area contributed by atoms with E-state index < -0.39 is 0 Å². The molecule has 2 aromatic heterocycles. The number of carbonyl (C=O) groups is 1. The summed E-state index contributed by atoms with van der Waals surface area (Å²) in [5.41, 5.74) is 4.04. The van der Waals surface area contributed by atoms with E-state index in [1.807, 2.05) is 30.8 Å². The molecule has 5 rings (SSSR count). The lowest BCUT2D eigenvalue weighted by Crippen LogP contribution is -2.41. The zero-order valence-electron chi connectivity index (χ0n) is 19.0. The van der Waals surface area contributed by atoms with Gasteiger partial charge in [-0.05, 0) is 67.4 Å². The highest BCUT2D eigenvalue weighted by atomic mass is 32.2. The molecular weight excluding hydrogens is 450 g/mol. The Bertz CT molecular complexity index is 1220. The minimum Gasteiger partial charge on any atom is -0.350 e. The van der Waals surface area contributed by atoms with Crippen molar-refractivity contribution < 1.29 is 4.79 Å². The van der Waals surface area contributed by atoms with Gasteiger partial charge in [-0.3, -0.25) is 14.5 Å². The summed E-state index contributed by atoms with van der Waals surface area (Å²) in [6, 6.07) is 12.4. The fraction of sp³-hybridized carbons (Fsp3) is 0.385. The highest BCUT2D eigenvalue weighted by molar-refractivity contribution is 7.99. The minimum absolute atomic E-state index is 0.143. The van der Waals surface area contributed by atoms with Gasteiger partial charge in [-0.1, -0.05) is 19.1 Å². The van der Waals surface area contributed by atoms with Crippen molar-refractivity contribution >= 4 is 29.0 Å². The van der Waals surface area contributed by atoms with E-state index in [4.69, 9.17) is 0 Å². The van der Waals surface area contributed by atoms with Crippen LogP contribution >= 0.6 is 23.1 Å². The normalized spacial score (nSPS) is 20.2. The largest absolute Gasteiger partial charge is 0.350 e. The summed E-state index contributed by atoms with van der Waals surface area (Å²) >= 11 is 3.49. The summed E-state index contributed by atoms with van der Waals surface area (Å²) in [6.45, 7) is 6.76. The Morgan fingerprint density at radius 3 is 2.88 bits per heavy atom. The lowest BCUT2D eigenvalue weighted by atomic mass is 10.0. The first-order valence-electron chi connectivity index (χ1n) is 11.6. The molecule has 5 nitrogen and oxygen atoms in total. The van der Waals surface area contributed by atoms with Gasteiger partial charge in [0.1, 0.15) is 5.56 Å². The van der Waals surface area contributed by atoms with Crippen molar-refractivity contribution in [3.63, 3.8) is 0 Å². The van der Waals surface area contributed by atoms with Crippen LogP contribution in [0.15, 0.2) is 56.8 Å². The third-order valence-corrected chi connectivity index (χ3v) is 8.82. The molecule has 7 heteroatoms. The standard InChI is InChI=1S/C26H29N3O2S2/c1-3-28-11-6-7-19(28)15-27-26(31)25-21-14-24(18-10-12-32-16-18)33-23-9-5-4-8-20(23)29(21)17(2)13-22(25)30/h4-5,8-10,12-13,16,19,24H,3,6-7,11,14-15H2,1-2H3,(H,27,31)/t19-,24-/m0/s1. The highest BCUT2D eigenvalue weighted by Crippen LogP contribution is 2.44. The average molecular weight is 480 g/mol. The average Bonchev–Trinajstić information content (AvgIpc) is 3.47. The molecule has 0 spiro atoms. The first-order chi connectivity index (χ1) is 16.1. The SMILES string of the molecule is CCN1CCC[C@H]1CNC(=O)c1c2n(c(C)cc1=O)-c1ccccc1S[C@H](c1ccsc1)C2. The number of carbonyl (C=O) groups excluding carboxylic acids is 1. The highest BCUT2D eigenvalue weighted by Gasteiger charge is 2.30. The third-order valence-electron chi connectivity index (χ3n) is 6.80. The molecule has 0 aliphatic carbocycles. The van der Waals surface area contributed by atoms with Gasteiger partial charge in [0.05, 0.1) is 5.69 Å². The van der Waals surface area contributed by atoms with Crippen molar-refractivity contribution in [2.45, 2.75) is 49.3 Å². The summed E-state index contributed by atoms with van der Waals surface area (Å²) in [5, 5.41) is 7.51. The predicted octanol–water partition coefficient (Wildman–Crippen LogP) is 4.81. The van der Waals surface area contributed by atoms with E-state index in [0.717, 1.165) is 47.9 Å². The number of likely N-dealkylation sites (N-methyl/N-ethyl adjacent to an activating group) is 1. The molecule has 1 saturated heterocycles. The first-order valence-corrected chi connectivity index (χ1v) is 13.4. The second-order valence-corrected chi connectivity index (χ2v) is 10.8. The minimum atomic E-state index is -0.250. The topological polar surface area (TPSA) is 54.3 Å². The monoisotopic (exact) mass is 479 g/mol. The molecule has 4 heterocycles. The second kappa shape index (κ2) is 9.49. The number of benzene rings is 1. The first kappa shape index (κ1) is 22.4. The van der Waals surface area contributed by atoms with Crippen molar-refractivity contribution in [3.8, 4) is 5.69 Å². The van der Waals surface area contributed by atoms with Crippen LogP contribution in [-0.2, 0) is 6.42 Å². The summed E-state index contributed by atoms with van der Waals surface area (Å²) in [5.74, 6) is -0.250. The molecule has 0 bridgehead atoms. The number of nitrogens with one attached hydrogen (secondary N) is 1. The van der Waals surface area contributed by atoms with E-state index in [9.17, 15) is 9.59 Å². The summed E-state index contributed by atoms with van der Waals surface area (Å²) < 4.78 is 2.12. The Morgan fingerprint density at radius 1 is 1.24 bits per heavy atom. The zero-order valence-corrected chi connectivity index (χ0v) is 20.7. The molecule has 172 valence electrons. The molecule has 2 aliphatic rings. The lowest BCUT2D eigenvalue weighted by Gasteiger charge is -2.24. The number of aromatic nitrogens is 1. The summed E-state index contributed by atoms with van der Waals surface area (Å²) in [4.78, 5) is 30.2. The Hall–Kier alpha value is -2.35. The maximum absolute atomic E-state index is 13.5. The number of thiophene rings is 1. The van der Waals surface area contributed by atoms with Crippen LogP contribution in [0, 0.1) is 6.92 Å². The Balaban J connectivity index is 1.57. The Labute approximate surface area is 202 Å². The molecule has 1 fully saturated rings. The molecule has 2 aliphatic heterocycles. The smallest absolute Gasteiger partial charge is 0.257 e. The number of thioether (sulfide) groups is 1. The number of pyridine rings is 1. The van der Waals surface area contributed by atoms with Gasteiger partial charge in [0.2, 0.25) is 0 Å². The van der Waals surface area contributed by atoms with E-state index in [1.54, 1.807) is 17.4 Å². The van der Waals surface area contributed by atoms with E-state index >= 15 is 0 Å². The molecule has 2 atom stereocenters. The molecule has 0 radical (unpaired) electrons. The van der Waals surface area contributed by atoms with Crippen LogP contribution in [0.3, 0.4) is 0 Å². The second-order valence-electron chi connectivity index (χ2n) is 8.78. The van der Waals surface area contributed by atoms with Crippen molar-refractivity contribution in [2.24, 2.45) is 0 Å². The van der Waals surface area contributed by atoms with Gasteiger partial charge in [0.15, 0.2) is 5.43 Å². The van der Waals surface area contributed by atoms with Crippen molar-refractivity contribution in [1.29, 1.82) is 0 Å². The maximum Gasteiger partial charge on any atom is 0.257 e. The van der Waals surface area contributed by atoms with E-state index in [-0.39, 0.29) is 16.6 Å². The van der Waals surface area contributed by atoms with Gasteiger partial charge in [-0.25, -0.2) is 0 Å². The molecule has 33 heavy (non-hydrogen) atoms. The Kier molecular flexibility index (Phi) is 6.45. The van der Waals surface area contributed by atoms with Crippen LogP contribution in [0.4, 0.5) is 0 Å². The lowest BCUT2D eigenvalue weighted by molar-refractivity contribution is 0.0938. The quantitative estimate of drug-likeness (QED) is 0.571. The summed E-state index contributed by atoms with van der Waals surface area (Å²) in [7, 11) is 0. The predicted molar refractivity (Wildman–Crippen MR) is 136 cm³/mol. The molecule has 1 amide bonds. The number of hydrogen-bond donors (Lipinski definition) is 1. The van der Waals surface area contributed by atoms with Crippen molar-refractivity contribution in [2.75, 3.05) is 19.6 Å². The van der Waals surface area contributed by atoms with Gasteiger partial charge in [-0.15, -0.1) is 11.8 Å². The fourth-order valence-electron chi connectivity index (χ4n) is 5.16. The van der Waals surface area contributed by atoms with E-state index in [1.165, 1.54) is 5.56 Å². The maximum atomic E-state index is 13.5. The number of para-hydroxylation sites is 1. The van der Waals surface area contributed by atoms with Crippen LogP contribution in [0.25, 0.3) is 5.69 Å². The molecule has 1 N–H and O–H groups in total. The zero-order chi connectivity index (χ0) is 22.9. The van der Waals surface area contributed by atoms with Crippen LogP contribution in [0.2, 0.25) is 0 Å². The molecular formula is C26H29N3O2S2. The van der Waals surface area contributed by atoms with Crippen LogP contribution in [0.5, 0.6) is 0 Å². The van der Waals surface area contributed by atoms with Gasteiger partial charge in [0, 0.05) is 46.6 Å². The van der Waals surface area contributed by atoms with Crippen molar-refractivity contribution in [3.05, 3.63) is 79.9 Å². The summed E-state index contributed by atoms with van der Waals surface area (Å²) in [6.07, 6.45) is 2.87. The number of amides is 1. The Morgan fingerprint density at radius 2 is 2.09 bits per heavy atom. The molecule has 0 unspecified atom stereocenters. The van der Waals surface area contributed by atoms with Gasteiger partial charge in [-0.2, -0.15) is 11.3 Å². The van der Waals surface area contributed by atoms with Crippen LogP contribution in [0.1, 0.15) is 52.3 Å². The molecule has 3 aromatic rings.